The molecular weight excluding hydrogens is 282 g/mol. The molecule has 0 aliphatic heterocycles. The number of hydrogen-bond donors (Lipinski definition) is 0. The number of carbonyl (C=O) groups is 1. The lowest BCUT2D eigenvalue weighted by Crippen LogP contribution is -2.04. The minimum atomic E-state index is -0.344. The van der Waals surface area contributed by atoms with Gasteiger partial charge in [-0.15, -0.1) is 11.6 Å². The molecule has 0 aliphatic carbocycles. The van der Waals surface area contributed by atoms with Crippen LogP contribution in [0.1, 0.15) is 18.4 Å². The first-order chi connectivity index (χ1) is 7.13. The van der Waals surface area contributed by atoms with Gasteiger partial charge in [0.1, 0.15) is 11.6 Å². The van der Waals surface area contributed by atoms with Crippen LogP contribution in [0.5, 0.6) is 0 Å². The van der Waals surface area contributed by atoms with Gasteiger partial charge in [-0.05, 0) is 24.1 Å². The monoisotopic (exact) mass is 292 g/mol. The molecule has 0 amide bonds. The summed E-state index contributed by atoms with van der Waals surface area (Å²) in [5, 5.41) is 0. The van der Waals surface area contributed by atoms with Crippen LogP contribution >= 0.6 is 27.5 Å². The van der Waals surface area contributed by atoms with E-state index in [4.69, 9.17) is 11.6 Å². The van der Waals surface area contributed by atoms with Crippen LogP contribution in [0, 0.1) is 5.82 Å². The number of alkyl halides is 1. The van der Waals surface area contributed by atoms with E-state index >= 15 is 0 Å². The van der Waals surface area contributed by atoms with Crippen molar-refractivity contribution in [3.05, 3.63) is 34.1 Å². The molecule has 0 unspecified atom stereocenters. The summed E-state index contributed by atoms with van der Waals surface area (Å²) in [4.78, 5) is 11.4. The molecule has 0 heterocycles. The first kappa shape index (κ1) is 12.7. The van der Waals surface area contributed by atoms with Crippen LogP contribution in [0.4, 0.5) is 4.39 Å². The Labute approximate surface area is 102 Å². The molecule has 1 aromatic carbocycles. The van der Waals surface area contributed by atoms with Gasteiger partial charge in [-0.1, -0.05) is 22.0 Å². The molecule has 82 valence electrons. The molecule has 15 heavy (non-hydrogen) atoms. The Morgan fingerprint density at radius 2 is 2.20 bits per heavy atom. The second kappa shape index (κ2) is 6.23. The summed E-state index contributed by atoms with van der Waals surface area (Å²) in [5.74, 6) is 0.148. The number of carbonyl (C=O) groups excluding carboxylic acids is 1. The lowest BCUT2D eigenvalue weighted by Gasteiger charge is -2.02. The van der Waals surface area contributed by atoms with Gasteiger partial charge in [-0.25, -0.2) is 4.39 Å². The Balaban J connectivity index is 2.60. The van der Waals surface area contributed by atoms with Crippen molar-refractivity contribution >= 4 is 33.3 Å². The molecule has 0 saturated heterocycles. The van der Waals surface area contributed by atoms with Gasteiger partial charge in [0.05, 0.1) is 0 Å². The molecule has 1 nitrogen and oxygen atoms in total. The summed E-state index contributed by atoms with van der Waals surface area (Å²) in [7, 11) is 0. The highest BCUT2D eigenvalue weighted by molar-refractivity contribution is 9.10. The zero-order valence-corrected chi connectivity index (χ0v) is 10.4. The van der Waals surface area contributed by atoms with Gasteiger partial charge in [-0.2, -0.15) is 0 Å². The van der Waals surface area contributed by atoms with Crippen molar-refractivity contribution in [2.24, 2.45) is 0 Å². The van der Waals surface area contributed by atoms with E-state index in [0.29, 0.717) is 28.8 Å². The molecule has 1 rings (SSSR count). The molecule has 0 aromatic heterocycles. The van der Waals surface area contributed by atoms with Crippen LogP contribution in [-0.4, -0.2) is 11.7 Å². The van der Waals surface area contributed by atoms with E-state index in [1.165, 1.54) is 6.07 Å². The summed E-state index contributed by atoms with van der Waals surface area (Å²) in [6, 6.07) is 4.72. The minimum Gasteiger partial charge on any atom is -0.299 e. The van der Waals surface area contributed by atoms with E-state index in [2.05, 4.69) is 15.9 Å². The predicted octanol–water partition coefficient (Wildman–Crippen LogP) is 3.72. The fourth-order valence-corrected chi connectivity index (χ4v) is 1.70. The van der Waals surface area contributed by atoms with E-state index in [0.717, 1.165) is 0 Å². The fourth-order valence-electron chi connectivity index (χ4n) is 1.23. The SMILES string of the molecule is O=C(CCCCl)Cc1ccc(Br)cc1F. The normalized spacial score (nSPS) is 10.3. The Morgan fingerprint density at radius 1 is 1.47 bits per heavy atom. The number of halogens is 3. The number of ketones is 1. The van der Waals surface area contributed by atoms with Gasteiger partial charge in [-0.3, -0.25) is 4.79 Å². The van der Waals surface area contributed by atoms with Gasteiger partial charge in [0.25, 0.3) is 0 Å². The summed E-state index contributed by atoms with van der Waals surface area (Å²) in [6.45, 7) is 0. The summed E-state index contributed by atoms with van der Waals surface area (Å²) >= 11 is 8.63. The highest BCUT2D eigenvalue weighted by Crippen LogP contribution is 2.16. The maximum atomic E-state index is 13.3. The van der Waals surface area contributed by atoms with E-state index in [1.54, 1.807) is 12.1 Å². The van der Waals surface area contributed by atoms with Crippen molar-refractivity contribution in [1.29, 1.82) is 0 Å². The Morgan fingerprint density at radius 3 is 2.80 bits per heavy atom. The van der Waals surface area contributed by atoms with Crippen molar-refractivity contribution < 1.29 is 9.18 Å². The smallest absolute Gasteiger partial charge is 0.137 e. The van der Waals surface area contributed by atoms with Gasteiger partial charge >= 0.3 is 0 Å². The van der Waals surface area contributed by atoms with Gasteiger partial charge in [0, 0.05) is 23.2 Å². The second-order valence-electron chi connectivity index (χ2n) is 3.24. The Hall–Kier alpha value is -0.410. The van der Waals surface area contributed by atoms with E-state index in [-0.39, 0.29) is 18.0 Å². The van der Waals surface area contributed by atoms with Gasteiger partial charge in [0.2, 0.25) is 0 Å². The highest BCUT2D eigenvalue weighted by Gasteiger charge is 2.08. The molecule has 0 bridgehead atoms. The fraction of sp³-hybridized carbons (Fsp3) is 0.364. The van der Waals surface area contributed by atoms with Gasteiger partial charge < -0.3 is 0 Å². The van der Waals surface area contributed by atoms with E-state index < -0.39 is 0 Å². The number of hydrogen-bond acceptors (Lipinski definition) is 1. The lowest BCUT2D eigenvalue weighted by molar-refractivity contribution is -0.118. The Kier molecular flexibility index (Phi) is 5.26. The quantitative estimate of drug-likeness (QED) is 0.756. The molecule has 0 fully saturated rings. The van der Waals surface area contributed by atoms with Crippen LogP contribution in [0.15, 0.2) is 22.7 Å². The first-order valence-electron chi connectivity index (χ1n) is 4.65. The van der Waals surface area contributed by atoms with Crippen LogP contribution in [0.3, 0.4) is 0 Å². The highest BCUT2D eigenvalue weighted by atomic mass is 79.9. The summed E-state index contributed by atoms with van der Waals surface area (Å²) < 4.78 is 14.0. The third-order valence-corrected chi connectivity index (χ3v) is 2.75. The standard InChI is InChI=1S/C11H11BrClFO/c12-9-4-3-8(11(14)7-9)6-10(15)2-1-5-13/h3-4,7H,1-2,5-6H2. The van der Waals surface area contributed by atoms with Crippen LogP contribution < -0.4 is 0 Å². The molecular formula is C11H11BrClFO. The molecule has 1 aromatic rings. The molecule has 0 spiro atoms. The van der Waals surface area contributed by atoms with Crippen LogP contribution in [0.25, 0.3) is 0 Å². The maximum Gasteiger partial charge on any atom is 0.137 e. The first-order valence-corrected chi connectivity index (χ1v) is 5.98. The average Bonchev–Trinajstić information content (AvgIpc) is 2.19. The molecule has 0 radical (unpaired) electrons. The third-order valence-electron chi connectivity index (χ3n) is 1.99. The zero-order valence-electron chi connectivity index (χ0n) is 8.10. The maximum absolute atomic E-state index is 13.3. The van der Waals surface area contributed by atoms with Gasteiger partial charge in [0.15, 0.2) is 0 Å². The molecule has 0 saturated carbocycles. The second-order valence-corrected chi connectivity index (χ2v) is 4.54. The van der Waals surface area contributed by atoms with Crippen molar-refractivity contribution in [3.8, 4) is 0 Å². The lowest BCUT2D eigenvalue weighted by atomic mass is 10.1. The van der Waals surface area contributed by atoms with Crippen molar-refractivity contribution in [3.63, 3.8) is 0 Å². The Bertz CT molecular complexity index is 354. The largest absolute Gasteiger partial charge is 0.299 e. The number of rotatable bonds is 5. The summed E-state index contributed by atoms with van der Waals surface area (Å²) in [5.41, 5.74) is 0.442. The summed E-state index contributed by atoms with van der Waals surface area (Å²) in [6.07, 6.45) is 1.22. The van der Waals surface area contributed by atoms with Crippen molar-refractivity contribution in [1.82, 2.24) is 0 Å². The van der Waals surface area contributed by atoms with Crippen LogP contribution in [-0.2, 0) is 11.2 Å². The predicted molar refractivity (Wildman–Crippen MR) is 62.8 cm³/mol. The molecule has 0 aliphatic rings. The van der Waals surface area contributed by atoms with E-state index in [1.807, 2.05) is 0 Å². The molecule has 0 N–H and O–H groups in total. The topological polar surface area (TPSA) is 17.1 Å². The van der Waals surface area contributed by atoms with Crippen molar-refractivity contribution in [2.75, 3.05) is 5.88 Å². The zero-order chi connectivity index (χ0) is 11.3. The number of benzene rings is 1. The van der Waals surface area contributed by atoms with E-state index in [9.17, 15) is 9.18 Å². The average molecular weight is 294 g/mol. The molecule has 4 heteroatoms. The van der Waals surface area contributed by atoms with Crippen molar-refractivity contribution in [2.45, 2.75) is 19.3 Å². The molecule has 0 atom stereocenters. The van der Waals surface area contributed by atoms with Crippen LogP contribution in [0.2, 0.25) is 0 Å². The minimum absolute atomic E-state index is 0.0249. The number of Topliss-reactive ketones (excluding diaryl/α,β-unsaturated/α-hetero) is 1. The third kappa shape index (κ3) is 4.31.